The zero-order chi connectivity index (χ0) is 15.0. The van der Waals surface area contributed by atoms with E-state index in [-0.39, 0.29) is 5.75 Å². The van der Waals surface area contributed by atoms with Crippen LogP contribution in [0.2, 0.25) is 0 Å². The molecule has 3 rings (SSSR count). The van der Waals surface area contributed by atoms with Gasteiger partial charge in [0.05, 0.1) is 23.7 Å². The van der Waals surface area contributed by atoms with Crippen molar-refractivity contribution in [1.29, 1.82) is 0 Å². The minimum absolute atomic E-state index is 0.268. The molecule has 7 heteroatoms. The highest BCUT2D eigenvalue weighted by molar-refractivity contribution is 7.90. The molecule has 1 aliphatic heterocycles. The van der Waals surface area contributed by atoms with Gasteiger partial charge in [-0.15, -0.1) is 0 Å². The lowest BCUT2D eigenvalue weighted by atomic mass is 10.1. The summed E-state index contributed by atoms with van der Waals surface area (Å²) in [6.45, 7) is 2.65. The van der Waals surface area contributed by atoms with Gasteiger partial charge in [-0.1, -0.05) is 12.8 Å². The van der Waals surface area contributed by atoms with E-state index in [1.165, 1.54) is 25.7 Å². The summed E-state index contributed by atoms with van der Waals surface area (Å²) in [6.07, 6.45) is 5.29. The second-order valence-corrected chi connectivity index (χ2v) is 8.49. The molecule has 1 aromatic heterocycles. The van der Waals surface area contributed by atoms with Crippen molar-refractivity contribution in [2.45, 2.75) is 50.9 Å². The summed E-state index contributed by atoms with van der Waals surface area (Å²) in [5.41, 5.74) is 1.55. The highest BCUT2D eigenvalue weighted by Gasteiger charge is 2.28. The zero-order valence-electron chi connectivity index (χ0n) is 12.4. The molecule has 2 aliphatic rings. The Morgan fingerprint density at radius 3 is 2.76 bits per heavy atom. The molecule has 1 N–H and O–H groups in total. The van der Waals surface area contributed by atoms with Gasteiger partial charge in [0, 0.05) is 25.4 Å². The van der Waals surface area contributed by atoms with Crippen LogP contribution in [0.5, 0.6) is 0 Å². The normalized spacial score (nSPS) is 22.4. The molecule has 21 heavy (non-hydrogen) atoms. The van der Waals surface area contributed by atoms with E-state index >= 15 is 0 Å². The van der Waals surface area contributed by atoms with Crippen LogP contribution >= 0.6 is 0 Å². The molecule has 0 spiro atoms. The molecule has 0 aromatic carbocycles. The van der Waals surface area contributed by atoms with Gasteiger partial charge in [-0.25, -0.2) is 8.42 Å². The predicted octanol–water partition coefficient (Wildman–Crippen LogP) is 0.719. The first-order valence-corrected chi connectivity index (χ1v) is 9.65. The van der Waals surface area contributed by atoms with Gasteiger partial charge in [0.1, 0.15) is 15.9 Å². The molecule has 1 aromatic rings. The first kappa shape index (κ1) is 15.0. The van der Waals surface area contributed by atoms with Crippen LogP contribution in [0.1, 0.15) is 43.2 Å². The van der Waals surface area contributed by atoms with Crippen LogP contribution in [0.4, 0.5) is 0 Å². The number of hydrogen-bond acceptors (Lipinski definition) is 5. The molecular weight excluding hydrogens is 290 g/mol. The molecule has 0 amide bonds. The van der Waals surface area contributed by atoms with E-state index in [2.05, 4.69) is 10.00 Å². The van der Waals surface area contributed by atoms with E-state index in [9.17, 15) is 13.5 Å². The van der Waals surface area contributed by atoms with Crippen LogP contribution in [0.25, 0.3) is 0 Å². The average molecular weight is 313 g/mol. The lowest BCUT2D eigenvalue weighted by Gasteiger charge is -2.32. The van der Waals surface area contributed by atoms with Gasteiger partial charge < -0.3 is 5.11 Å². The number of aliphatic hydroxyl groups excluding tert-OH is 1. The highest BCUT2D eigenvalue weighted by atomic mass is 32.2. The van der Waals surface area contributed by atoms with Crippen molar-refractivity contribution in [2.75, 3.05) is 18.6 Å². The summed E-state index contributed by atoms with van der Waals surface area (Å²) >= 11 is 0. The largest absolute Gasteiger partial charge is 0.386 e. The van der Waals surface area contributed by atoms with Crippen molar-refractivity contribution in [3.05, 3.63) is 17.5 Å². The summed E-state index contributed by atoms with van der Waals surface area (Å²) < 4.78 is 24.5. The topological polar surface area (TPSA) is 75.4 Å². The molecule has 0 saturated heterocycles. The van der Waals surface area contributed by atoms with Crippen LogP contribution < -0.4 is 0 Å². The molecule has 6 nitrogen and oxygen atoms in total. The lowest BCUT2D eigenvalue weighted by Crippen LogP contribution is -2.39. The number of fused-ring (bicyclic) bond motifs is 1. The fourth-order valence-electron chi connectivity index (χ4n) is 3.42. The van der Waals surface area contributed by atoms with Gasteiger partial charge in [-0.05, 0) is 18.9 Å². The van der Waals surface area contributed by atoms with Crippen LogP contribution in [-0.4, -0.2) is 52.8 Å². The number of hydrogen-bond donors (Lipinski definition) is 1. The third-order valence-electron chi connectivity index (χ3n) is 4.49. The Kier molecular flexibility index (Phi) is 4.07. The van der Waals surface area contributed by atoms with Crippen molar-refractivity contribution in [2.24, 2.45) is 0 Å². The predicted molar refractivity (Wildman–Crippen MR) is 79.6 cm³/mol. The fraction of sp³-hybridized carbons (Fsp3) is 0.786. The summed E-state index contributed by atoms with van der Waals surface area (Å²) in [6, 6.07) is 2.54. The average Bonchev–Trinajstić information content (AvgIpc) is 3.05. The molecule has 2 heterocycles. The summed E-state index contributed by atoms with van der Waals surface area (Å²) in [5.74, 6) is -0.268. The molecule has 118 valence electrons. The van der Waals surface area contributed by atoms with E-state index in [4.69, 9.17) is 0 Å². The van der Waals surface area contributed by atoms with Crippen LogP contribution in [-0.2, 0) is 22.9 Å². The third-order valence-corrected chi connectivity index (χ3v) is 5.41. The highest BCUT2D eigenvalue weighted by Crippen LogP contribution is 2.27. The Morgan fingerprint density at radius 1 is 1.38 bits per heavy atom. The molecule has 0 bridgehead atoms. The zero-order valence-corrected chi connectivity index (χ0v) is 13.2. The molecule has 1 atom stereocenters. The number of aromatic nitrogens is 2. The van der Waals surface area contributed by atoms with Gasteiger partial charge in [0.15, 0.2) is 0 Å². The Balaban J connectivity index is 1.72. The van der Waals surface area contributed by atoms with Gasteiger partial charge in [-0.2, -0.15) is 5.10 Å². The lowest BCUT2D eigenvalue weighted by molar-refractivity contribution is 0.151. The first-order valence-electron chi connectivity index (χ1n) is 7.59. The van der Waals surface area contributed by atoms with E-state index in [1.807, 2.05) is 10.7 Å². The number of sulfone groups is 1. The van der Waals surface area contributed by atoms with Crippen LogP contribution in [0, 0.1) is 0 Å². The number of nitrogens with zero attached hydrogens (tertiary/aromatic N) is 3. The fourth-order valence-corrected chi connectivity index (χ4v) is 4.17. The SMILES string of the molecule is CS(=O)(=O)CC(O)c1cc2n(n1)CCN(C1CCCC1)C2. The minimum Gasteiger partial charge on any atom is -0.386 e. The molecule has 0 radical (unpaired) electrons. The number of rotatable bonds is 4. The van der Waals surface area contributed by atoms with Gasteiger partial charge in [0.2, 0.25) is 0 Å². The molecule has 1 aliphatic carbocycles. The molecule has 1 fully saturated rings. The van der Waals surface area contributed by atoms with Crippen molar-refractivity contribution < 1.29 is 13.5 Å². The Morgan fingerprint density at radius 2 is 2.10 bits per heavy atom. The van der Waals surface area contributed by atoms with Gasteiger partial charge in [-0.3, -0.25) is 9.58 Å². The van der Waals surface area contributed by atoms with Crippen molar-refractivity contribution in [1.82, 2.24) is 14.7 Å². The smallest absolute Gasteiger partial charge is 0.150 e. The third kappa shape index (κ3) is 3.46. The van der Waals surface area contributed by atoms with Gasteiger partial charge in [0.25, 0.3) is 0 Å². The Labute approximate surface area is 125 Å². The molecule has 1 unspecified atom stereocenters. The standard InChI is InChI=1S/C14H23N3O3S/c1-21(19,20)10-14(18)13-8-12-9-16(6-7-17(12)15-13)11-4-2-3-5-11/h8,11,14,18H,2-7,9-10H2,1H3. The van der Waals surface area contributed by atoms with Crippen molar-refractivity contribution in [3.8, 4) is 0 Å². The summed E-state index contributed by atoms with van der Waals surface area (Å²) in [4.78, 5) is 2.50. The van der Waals surface area contributed by atoms with Gasteiger partial charge >= 0.3 is 0 Å². The van der Waals surface area contributed by atoms with Crippen LogP contribution in [0.15, 0.2) is 6.07 Å². The monoisotopic (exact) mass is 313 g/mol. The Bertz CT molecular complexity index is 605. The Hall–Kier alpha value is -0.920. The van der Waals surface area contributed by atoms with Crippen molar-refractivity contribution in [3.63, 3.8) is 0 Å². The first-order chi connectivity index (χ1) is 9.92. The second kappa shape index (κ2) is 5.70. The summed E-state index contributed by atoms with van der Waals surface area (Å²) in [5, 5.41) is 14.4. The maximum absolute atomic E-state index is 11.3. The van der Waals surface area contributed by atoms with E-state index in [1.54, 1.807) is 0 Å². The van der Waals surface area contributed by atoms with E-state index in [0.29, 0.717) is 11.7 Å². The summed E-state index contributed by atoms with van der Waals surface area (Å²) in [7, 11) is -3.21. The second-order valence-electron chi connectivity index (χ2n) is 6.30. The van der Waals surface area contributed by atoms with Crippen LogP contribution in [0.3, 0.4) is 0 Å². The maximum atomic E-state index is 11.3. The quantitative estimate of drug-likeness (QED) is 0.886. The van der Waals surface area contributed by atoms with E-state index in [0.717, 1.165) is 31.6 Å². The maximum Gasteiger partial charge on any atom is 0.150 e. The van der Waals surface area contributed by atoms with Crippen molar-refractivity contribution >= 4 is 9.84 Å². The molecule has 1 saturated carbocycles. The number of aliphatic hydroxyl groups is 1. The molecular formula is C14H23N3O3S. The van der Waals surface area contributed by atoms with E-state index < -0.39 is 15.9 Å². The minimum atomic E-state index is -3.21.